The molecule has 1 aromatic carbocycles. The lowest BCUT2D eigenvalue weighted by molar-refractivity contribution is 0.274. The smallest absolute Gasteiger partial charge is 0.0551 e. The van der Waals surface area contributed by atoms with Crippen LogP contribution < -0.4 is 5.73 Å². The van der Waals surface area contributed by atoms with E-state index in [1.54, 1.807) is 0 Å². The van der Waals surface area contributed by atoms with Crippen molar-refractivity contribution in [1.82, 2.24) is 4.90 Å². The predicted octanol–water partition coefficient (Wildman–Crippen LogP) is 3.70. The molecule has 1 aliphatic heterocycles. The lowest BCUT2D eigenvalue weighted by Crippen LogP contribution is -2.31. The van der Waals surface area contributed by atoms with Crippen LogP contribution in [0, 0.1) is 5.41 Å². The Bertz CT molecular complexity index is 414. The predicted molar refractivity (Wildman–Crippen MR) is 83.5 cm³/mol. The van der Waals surface area contributed by atoms with Crippen LogP contribution in [0.4, 0.5) is 0 Å². The van der Waals surface area contributed by atoms with Gasteiger partial charge in [0.15, 0.2) is 0 Å². The van der Waals surface area contributed by atoms with Gasteiger partial charge >= 0.3 is 0 Å². The van der Waals surface area contributed by atoms with Crippen molar-refractivity contribution in [2.24, 2.45) is 11.1 Å². The quantitative estimate of drug-likeness (QED) is 0.897. The molecule has 0 aromatic heterocycles. The number of benzene rings is 1. The summed E-state index contributed by atoms with van der Waals surface area (Å²) in [4.78, 5) is 2.45. The van der Waals surface area contributed by atoms with Gasteiger partial charge in [0.2, 0.25) is 0 Å². The molecule has 2 rings (SSSR count). The Balaban J connectivity index is 0.00000162. The summed E-state index contributed by atoms with van der Waals surface area (Å²) in [7, 11) is 0. The topological polar surface area (TPSA) is 29.3 Å². The molecule has 0 amide bonds. The van der Waals surface area contributed by atoms with Gasteiger partial charge in [0.05, 0.1) is 5.02 Å². The zero-order valence-corrected chi connectivity index (χ0v) is 13.6. The molecule has 1 aromatic rings. The number of hydrogen-bond donors (Lipinski definition) is 1. The number of halogens is 3. The van der Waals surface area contributed by atoms with E-state index in [0.29, 0.717) is 5.41 Å². The second kappa shape index (κ2) is 6.58. The highest BCUT2D eigenvalue weighted by atomic mass is 79.9. The molecule has 1 atom stereocenters. The molecule has 102 valence electrons. The fourth-order valence-corrected chi connectivity index (χ4v) is 2.77. The van der Waals surface area contributed by atoms with Crippen molar-refractivity contribution in [3.63, 3.8) is 0 Å². The molecule has 0 aliphatic carbocycles. The SMILES string of the molecule is CC1(CN)CCN(Cc2ccc(Br)c(Cl)c2)C1.Cl. The van der Waals surface area contributed by atoms with Crippen LogP contribution in [0.3, 0.4) is 0 Å². The average Bonchev–Trinajstić information content (AvgIpc) is 2.67. The van der Waals surface area contributed by atoms with Crippen LogP contribution in [0.5, 0.6) is 0 Å². The third-order valence-corrected chi connectivity index (χ3v) is 4.75. The molecule has 2 N–H and O–H groups in total. The number of rotatable bonds is 3. The molecule has 2 nitrogen and oxygen atoms in total. The van der Waals surface area contributed by atoms with E-state index in [9.17, 15) is 0 Å². The zero-order valence-electron chi connectivity index (χ0n) is 10.5. The monoisotopic (exact) mass is 352 g/mol. The highest BCUT2D eigenvalue weighted by Gasteiger charge is 2.32. The molecule has 5 heteroatoms. The molecule has 0 saturated carbocycles. The van der Waals surface area contributed by atoms with Crippen molar-refractivity contribution in [2.75, 3.05) is 19.6 Å². The highest BCUT2D eigenvalue weighted by Crippen LogP contribution is 2.30. The maximum absolute atomic E-state index is 6.10. The third kappa shape index (κ3) is 3.84. The van der Waals surface area contributed by atoms with Crippen LogP contribution in [-0.2, 0) is 6.54 Å². The molecule has 18 heavy (non-hydrogen) atoms. The number of likely N-dealkylation sites (tertiary alicyclic amines) is 1. The molecular weight excluding hydrogens is 335 g/mol. The van der Waals surface area contributed by atoms with E-state index < -0.39 is 0 Å². The minimum Gasteiger partial charge on any atom is -0.330 e. The molecule has 1 fully saturated rings. The van der Waals surface area contributed by atoms with Crippen LogP contribution in [0.25, 0.3) is 0 Å². The Hall–Kier alpha value is 0.200. The second-order valence-electron chi connectivity index (χ2n) is 5.22. The van der Waals surface area contributed by atoms with Gasteiger partial charge in [0, 0.05) is 17.6 Å². The molecule has 1 saturated heterocycles. The highest BCUT2D eigenvalue weighted by molar-refractivity contribution is 9.10. The van der Waals surface area contributed by atoms with Gasteiger partial charge in [-0.05, 0) is 58.6 Å². The minimum atomic E-state index is 0. The fraction of sp³-hybridized carbons (Fsp3) is 0.538. The van der Waals surface area contributed by atoms with Crippen LogP contribution >= 0.6 is 39.9 Å². The fourth-order valence-electron chi connectivity index (χ4n) is 2.32. The number of nitrogens with two attached hydrogens (primary N) is 1. The zero-order chi connectivity index (χ0) is 12.5. The lowest BCUT2D eigenvalue weighted by Gasteiger charge is -2.22. The van der Waals surface area contributed by atoms with Gasteiger partial charge in [-0.3, -0.25) is 4.90 Å². The van der Waals surface area contributed by atoms with Gasteiger partial charge in [-0.25, -0.2) is 0 Å². The van der Waals surface area contributed by atoms with E-state index in [-0.39, 0.29) is 12.4 Å². The first-order valence-corrected chi connectivity index (χ1v) is 7.06. The summed E-state index contributed by atoms with van der Waals surface area (Å²) in [5, 5.41) is 0.781. The van der Waals surface area contributed by atoms with Crippen LogP contribution in [0.15, 0.2) is 22.7 Å². The van der Waals surface area contributed by atoms with Crippen molar-refractivity contribution in [3.8, 4) is 0 Å². The first-order chi connectivity index (χ1) is 8.02. The van der Waals surface area contributed by atoms with Crippen molar-refractivity contribution in [1.29, 1.82) is 0 Å². The van der Waals surface area contributed by atoms with E-state index >= 15 is 0 Å². The van der Waals surface area contributed by atoms with E-state index in [1.165, 1.54) is 12.0 Å². The first-order valence-electron chi connectivity index (χ1n) is 5.89. The van der Waals surface area contributed by atoms with Crippen molar-refractivity contribution in [2.45, 2.75) is 19.9 Å². The van der Waals surface area contributed by atoms with Crippen molar-refractivity contribution >= 4 is 39.9 Å². The molecule has 1 heterocycles. The molecule has 1 unspecified atom stereocenters. The Labute approximate surface area is 128 Å². The molecule has 1 aliphatic rings. The van der Waals surface area contributed by atoms with Crippen molar-refractivity contribution < 1.29 is 0 Å². The summed E-state index contributed by atoms with van der Waals surface area (Å²) in [6.45, 7) is 6.20. The number of hydrogen-bond acceptors (Lipinski definition) is 2. The van der Waals surface area contributed by atoms with Crippen LogP contribution in [0.1, 0.15) is 18.9 Å². The first kappa shape index (κ1) is 16.3. The standard InChI is InChI=1S/C13H18BrClN2.ClH/c1-13(8-16)4-5-17(9-13)7-10-2-3-11(14)12(15)6-10;/h2-3,6H,4-5,7-9,16H2,1H3;1H. The van der Waals surface area contributed by atoms with Gasteiger partial charge in [0.1, 0.15) is 0 Å². The van der Waals surface area contributed by atoms with E-state index in [4.69, 9.17) is 17.3 Å². The third-order valence-electron chi connectivity index (χ3n) is 3.52. The molecule has 0 bridgehead atoms. The van der Waals surface area contributed by atoms with Gasteiger partial charge in [-0.1, -0.05) is 24.6 Å². The van der Waals surface area contributed by atoms with Crippen molar-refractivity contribution in [3.05, 3.63) is 33.3 Å². The Kier molecular flexibility index (Phi) is 5.94. The van der Waals surface area contributed by atoms with Crippen LogP contribution in [-0.4, -0.2) is 24.5 Å². The Morgan fingerprint density at radius 1 is 1.50 bits per heavy atom. The number of nitrogens with zero attached hydrogens (tertiary/aromatic N) is 1. The normalized spacial score (nSPS) is 24.0. The summed E-state index contributed by atoms with van der Waals surface area (Å²) in [5.74, 6) is 0. The van der Waals surface area contributed by atoms with Gasteiger partial charge in [-0.15, -0.1) is 12.4 Å². The van der Waals surface area contributed by atoms with Gasteiger partial charge in [-0.2, -0.15) is 0 Å². The van der Waals surface area contributed by atoms with E-state index in [1.807, 2.05) is 12.1 Å². The minimum absolute atomic E-state index is 0. The summed E-state index contributed by atoms with van der Waals surface area (Å²) in [5.41, 5.74) is 7.37. The largest absolute Gasteiger partial charge is 0.330 e. The maximum atomic E-state index is 6.10. The van der Waals surface area contributed by atoms with E-state index in [2.05, 4.69) is 33.8 Å². The Morgan fingerprint density at radius 2 is 2.22 bits per heavy atom. The average molecular weight is 354 g/mol. The maximum Gasteiger partial charge on any atom is 0.0551 e. The summed E-state index contributed by atoms with van der Waals surface area (Å²) in [6.07, 6.45) is 1.19. The summed E-state index contributed by atoms with van der Waals surface area (Å²) < 4.78 is 0.955. The summed E-state index contributed by atoms with van der Waals surface area (Å²) >= 11 is 9.51. The van der Waals surface area contributed by atoms with Gasteiger partial charge < -0.3 is 5.73 Å². The molecular formula is C13H19BrCl2N2. The lowest BCUT2D eigenvalue weighted by atomic mass is 9.90. The van der Waals surface area contributed by atoms with Crippen LogP contribution in [0.2, 0.25) is 5.02 Å². The summed E-state index contributed by atoms with van der Waals surface area (Å²) in [6, 6.07) is 6.16. The van der Waals surface area contributed by atoms with E-state index in [0.717, 1.165) is 35.7 Å². The van der Waals surface area contributed by atoms with Gasteiger partial charge in [0.25, 0.3) is 0 Å². The Morgan fingerprint density at radius 3 is 2.78 bits per heavy atom. The molecule has 0 spiro atoms. The molecule has 0 radical (unpaired) electrons. The second-order valence-corrected chi connectivity index (χ2v) is 6.49.